The van der Waals surface area contributed by atoms with Crippen molar-refractivity contribution in [2.24, 2.45) is 0 Å². The average Bonchev–Trinajstić information content (AvgIpc) is 2.73. The summed E-state index contributed by atoms with van der Waals surface area (Å²) in [6.45, 7) is -1.57. The van der Waals surface area contributed by atoms with Gasteiger partial charge in [-0.05, 0) is 23.8 Å². The molecule has 1 unspecified atom stereocenters. The van der Waals surface area contributed by atoms with Crippen molar-refractivity contribution < 1.29 is 86.9 Å². The third kappa shape index (κ3) is 10.3. The van der Waals surface area contributed by atoms with E-state index in [0.29, 0.717) is 16.7 Å². The summed E-state index contributed by atoms with van der Waals surface area (Å²) in [5, 5.41) is 58.2. The molecule has 1 atom stereocenters. The maximum Gasteiger partial charge on any atom is 1.00 e. The van der Waals surface area contributed by atoms with Gasteiger partial charge >= 0.3 is 41.5 Å². The molecule has 0 bridgehead atoms. The predicted octanol–water partition coefficient (Wildman–Crippen LogP) is -2.57. The molecule has 182 valence electrons. The number of aromatic hydroxyl groups is 2. The Labute approximate surface area is 230 Å². The second-order valence-corrected chi connectivity index (χ2v) is 7.45. The molecule has 0 radical (unpaired) electrons. The van der Waals surface area contributed by atoms with Gasteiger partial charge in [0, 0.05) is 53.9 Å². The maximum atomic E-state index is 11.5. The van der Waals surface area contributed by atoms with Crippen molar-refractivity contribution in [3.8, 4) is 11.5 Å². The summed E-state index contributed by atoms with van der Waals surface area (Å²) >= 11 is 0. The van der Waals surface area contributed by atoms with Crippen molar-refractivity contribution in [2.75, 3.05) is 26.2 Å². The number of nitrogens with zero attached hydrogens (tertiary/aromatic N) is 2. The molecule has 0 fully saturated rings. The van der Waals surface area contributed by atoms with E-state index in [0.717, 1.165) is 0 Å². The molecule has 2 aromatic carbocycles. The molecule has 12 heteroatoms. The fourth-order valence-electron chi connectivity index (χ4n) is 3.42. The largest absolute Gasteiger partial charge is 1.00 e. The number of carboxylic acids is 2. The van der Waals surface area contributed by atoms with Crippen molar-refractivity contribution >= 4 is 11.9 Å². The molecule has 0 aliphatic rings. The number of aliphatic hydroxyl groups is 2. The van der Waals surface area contributed by atoms with Gasteiger partial charge in [0.25, 0.3) is 0 Å². The normalized spacial score (nSPS) is 11.5. The van der Waals surface area contributed by atoms with E-state index in [-0.39, 0.29) is 84.4 Å². The number of hydrogen-bond donors (Lipinski definition) is 6. The number of carbonyl (C=O) groups is 2. The Morgan fingerprint density at radius 2 is 1.47 bits per heavy atom. The van der Waals surface area contributed by atoms with Crippen LogP contribution in [0.4, 0.5) is 0 Å². The molecular formula is C22H28FeN2NaO8+. The van der Waals surface area contributed by atoms with Gasteiger partial charge < -0.3 is 30.6 Å². The summed E-state index contributed by atoms with van der Waals surface area (Å²) < 4.78 is 0. The van der Waals surface area contributed by atoms with Gasteiger partial charge in [0.05, 0.1) is 26.3 Å². The number of aliphatic carboxylic acids is 2. The Kier molecular flexibility index (Phi) is 15.3. The molecule has 6 N–H and O–H groups in total. The van der Waals surface area contributed by atoms with Crippen LogP contribution in [0.3, 0.4) is 0 Å². The van der Waals surface area contributed by atoms with E-state index in [2.05, 4.69) is 0 Å². The van der Waals surface area contributed by atoms with Crippen LogP contribution in [0.5, 0.6) is 11.5 Å². The molecule has 0 amide bonds. The fourth-order valence-corrected chi connectivity index (χ4v) is 3.42. The number of phenols is 2. The minimum absolute atomic E-state index is 0. The van der Waals surface area contributed by atoms with Crippen LogP contribution in [0, 0.1) is 0 Å². The van der Waals surface area contributed by atoms with Gasteiger partial charge in [0.1, 0.15) is 11.5 Å². The zero-order valence-electron chi connectivity index (χ0n) is 18.8. The third-order valence-electron chi connectivity index (χ3n) is 4.98. The minimum Gasteiger partial charge on any atom is -0.508 e. The zero-order chi connectivity index (χ0) is 23.7. The number of para-hydroxylation sites is 1. The van der Waals surface area contributed by atoms with Crippen molar-refractivity contribution in [2.45, 2.75) is 25.7 Å². The number of phenolic OH excluding ortho intramolecular Hbond substituents is 2. The second-order valence-electron chi connectivity index (χ2n) is 7.45. The van der Waals surface area contributed by atoms with Crippen LogP contribution in [-0.4, -0.2) is 84.7 Å². The Hall–Kier alpha value is -1.66. The van der Waals surface area contributed by atoms with Crippen LogP contribution in [-0.2, 0) is 46.4 Å². The van der Waals surface area contributed by atoms with Crippen molar-refractivity contribution in [1.29, 1.82) is 0 Å². The van der Waals surface area contributed by atoms with Gasteiger partial charge in [-0.3, -0.25) is 19.4 Å². The van der Waals surface area contributed by atoms with Gasteiger partial charge in [-0.2, -0.15) is 0 Å². The summed E-state index contributed by atoms with van der Waals surface area (Å²) in [5.41, 5.74) is 1.38. The van der Waals surface area contributed by atoms with Crippen LogP contribution in [0.25, 0.3) is 0 Å². The van der Waals surface area contributed by atoms with E-state index in [4.69, 9.17) is 0 Å². The van der Waals surface area contributed by atoms with E-state index >= 15 is 0 Å². The summed E-state index contributed by atoms with van der Waals surface area (Å²) in [6.07, 6.45) is 0. The van der Waals surface area contributed by atoms with E-state index < -0.39 is 37.7 Å². The van der Waals surface area contributed by atoms with E-state index in [1.54, 1.807) is 18.2 Å². The van der Waals surface area contributed by atoms with E-state index in [9.17, 15) is 40.2 Å². The molecule has 2 rings (SSSR count). The van der Waals surface area contributed by atoms with Crippen LogP contribution < -0.4 is 29.6 Å². The molecule has 0 aromatic heterocycles. The summed E-state index contributed by atoms with van der Waals surface area (Å²) in [5.74, 6) is -2.37. The van der Waals surface area contributed by atoms with Crippen molar-refractivity contribution in [1.82, 2.24) is 9.80 Å². The van der Waals surface area contributed by atoms with E-state index in [1.807, 2.05) is 0 Å². The number of carboxylic acid groups (broad SMARTS) is 2. The van der Waals surface area contributed by atoms with Gasteiger partial charge in [-0.25, -0.2) is 0 Å². The Bertz CT molecular complexity index is 934. The van der Waals surface area contributed by atoms with Gasteiger partial charge in [0.2, 0.25) is 0 Å². The predicted molar refractivity (Wildman–Crippen MR) is 114 cm³/mol. The minimum atomic E-state index is -1.16. The number of rotatable bonds is 13. The summed E-state index contributed by atoms with van der Waals surface area (Å²) in [4.78, 5) is 25.7. The molecule has 10 nitrogen and oxygen atoms in total. The quantitative estimate of drug-likeness (QED) is 0.153. The molecule has 0 aliphatic carbocycles. The van der Waals surface area contributed by atoms with Crippen molar-refractivity contribution in [3.63, 3.8) is 0 Å². The molecular weight excluding hydrogens is 499 g/mol. The molecule has 2 aromatic rings. The van der Waals surface area contributed by atoms with Gasteiger partial charge in [-0.15, -0.1) is 0 Å². The van der Waals surface area contributed by atoms with Crippen molar-refractivity contribution in [3.05, 3.63) is 59.2 Å². The molecule has 0 saturated carbocycles. The number of aliphatic hydroxyl groups excluding tert-OH is 2. The maximum absolute atomic E-state index is 11.5. The second kappa shape index (κ2) is 16.1. The molecule has 0 saturated heterocycles. The third-order valence-corrected chi connectivity index (χ3v) is 4.98. The summed E-state index contributed by atoms with van der Waals surface area (Å²) in [6, 6.07) is 10.1. The first-order valence-corrected chi connectivity index (χ1v) is 9.92. The topological polar surface area (TPSA) is 162 Å². The van der Waals surface area contributed by atoms with Crippen LogP contribution >= 0.6 is 0 Å². The van der Waals surface area contributed by atoms with Crippen LogP contribution in [0.15, 0.2) is 42.5 Å². The smallest absolute Gasteiger partial charge is 0.508 e. The van der Waals surface area contributed by atoms with Gasteiger partial charge in [0.15, 0.2) is 0 Å². The first kappa shape index (κ1) is 32.3. The standard InChI is InChI=1S/C22H28N2O8.Fe.Na/c25-13-15-5-6-20(28)17(7-15)9-24(12-22(31)32)18(14-26)10-23(11-21(29)30)8-16-3-1-2-4-19(16)27;;/h1-7,18,25-28H,8-14H2,(H,29,30)(H,31,32);;/q;;+1. The SMILES string of the molecule is O=C(O)CN(Cc1ccccc1O)CC(CO)N(CC(=O)O)Cc1cc(CO)ccc1O.[Fe].[Na+]. The monoisotopic (exact) mass is 527 g/mol. The van der Waals surface area contributed by atoms with E-state index in [1.165, 1.54) is 34.1 Å². The Morgan fingerprint density at radius 1 is 0.853 bits per heavy atom. The molecule has 0 aliphatic heterocycles. The molecule has 0 heterocycles. The van der Waals surface area contributed by atoms with Gasteiger partial charge in [-0.1, -0.05) is 24.3 Å². The average molecular weight is 527 g/mol. The first-order valence-electron chi connectivity index (χ1n) is 9.92. The fraction of sp³-hybridized carbons (Fsp3) is 0.364. The summed E-state index contributed by atoms with van der Waals surface area (Å²) in [7, 11) is 0. The first-order chi connectivity index (χ1) is 15.2. The Morgan fingerprint density at radius 3 is 2.03 bits per heavy atom. The van der Waals surface area contributed by atoms with Crippen LogP contribution in [0.1, 0.15) is 16.7 Å². The molecule has 0 spiro atoms. The Balaban J connectivity index is 0.00000544. The zero-order valence-corrected chi connectivity index (χ0v) is 21.9. The molecule has 34 heavy (non-hydrogen) atoms. The number of benzene rings is 2. The number of hydrogen-bond acceptors (Lipinski definition) is 8. The van der Waals surface area contributed by atoms with Crippen LogP contribution in [0.2, 0.25) is 0 Å².